The van der Waals surface area contributed by atoms with E-state index in [2.05, 4.69) is 9.88 Å². The molecule has 1 aromatic heterocycles. The van der Waals surface area contributed by atoms with E-state index in [-0.39, 0.29) is 5.97 Å². The third-order valence-electron chi connectivity index (χ3n) is 3.41. The summed E-state index contributed by atoms with van der Waals surface area (Å²) in [6.45, 7) is 1.75. The molecule has 1 aromatic carbocycles. The second-order valence-electron chi connectivity index (χ2n) is 4.67. The number of thiazole rings is 1. The second-order valence-corrected chi connectivity index (χ2v) is 5.82. The molecule has 5 nitrogen and oxygen atoms in total. The van der Waals surface area contributed by atoms with Crippen molar-refractivity contribution in [3.8, 4) is 0 Å². The Bertz CT molecular complexity index is 654. The molecule has 0 spiro atoms. The molecule has 2 heterocycles. The molecule has 1 aliphatic rings. The standard InChI is InChI=1S/C14H15N3O2S/c1-19-13(18)10-2-3-12-9(6-10)4-5-17(12)8-11-7-16-14(15)20-11/h2-3,6-7H,4-5,8H2,1H3,(H2,15,16). The van der Waals surface area contributed by atoms with Crippen molar-refractivity contribution in [2.45, 2.75) is 13.0 Å². The van der Waals surface area contributed by atoms with Crippen molar-refractivity contribution in [1.29, 1.82) is 0 Å². The number of rotatable bonds is 3. The number of anilines is 2. The Kier molecular flexibility index (Phi) is 3.31. The number of aromatic nitrogens is 1. The number of methoxy groups -OCH3 is 1. The molecule has 0 aliphatic carbocycles. The zero-order chi connectivity index (χ0) is 14.1. The Balaban J connectivity index is 1.82. The van der Waals surface area contributed by atoms with Crippen LogP contribution in [-0.2, 0) is 17.7 Å². The van der Waals surface area contributed by atoms with Gasteiger partial charge in [0.05, 0.1) is 19.2 Å². The number of hydrogen-bond donors (Lipinski definition) is 1. The maximum Gasteiger partial charge on any atom is 0.337 e. The fourth-order valence-corrected chi connectivity index (χ4v) is 3.16. The van der Waals surface area contributed by atoms with Gasteiger partial charge in [-0.2, -0.15) is 0 Å². The number of carbonyl (C=O) groups excluding carboxylic acids is 1. The summed E-state index contributed by atoms with van der Waals surface area (Å²) in [5.41, 5.74) is 8.62. The molecule has 0 atom stereocenters. The van der Waals surface area contributed by atoms with Crippen LogP contribution < -0.4 is 10.6 Å². The van der Waals surface area contributed by atoms with Gasteiger partial charge in [-0.25, -0.2) is 9.78 Å². The molecule has 0 saturated carbocycles. The van der Waals surface area contributed by atoms with Gasteiger partial charge < -0.3 is 15.4 Å². The number of fused-ring (bicyclic) bond motifs is 1. The second kappa shape index (κ2) is 5.13. The molecule has 0 bridgehead atoms. The minimum Gasteiger partial charge on any atom is -0.465 e. The van der Waals surface area contributed by atoms with Gasteiger partial charge in [0, 0.05) is 23.3 Å². The maximum atomic E-state index is 11.5. The molecule has 2 aromatic rings. The van der Waals surface area contributed by atoms with Crippen LogP contribution in [0.3, 0.4) is 0 Å². The van der Waals surface area contributed by atoms with Gasteiger partial charge >= 0.3 is 5.97 Å². The van der Waals surface area contributed by atoms with Crippen molar-refractivity contribution in [3.63, 3.8) is 0 Å². The molecule has 1 aliphatic heterocycles. The number of carbonyl (C=O) groups is 1. The van der Waals surface area contributed by atoms with E-state index in [1.165, 1.54) is 29.7 Å². The number of esters is 1. The number of nitrogen functional groups attached to an aromatic ring is 1. The monoisotopic (exact) mass is 289 g/mol. The van der Waals surface area contributed by atoms with Crippen LogP contribution in [0.25, 0.3) is 0 Å². The molecule has 6 heteroatoms. The summed E-state index contributed by atoms with van der Waals surface area (Å²) in [5, 5.41) is 0.598. The van der Waals surface area contributed by atoms with Crippen LogP contribution in [0.1, 0.15) is 20.8 Å². The van der Waals surface area contributed by atoms with E-state index < -0.39 is 0 Å². The molecular formula is C14H15N3O2S. The third-order valence-corrected chi connectivity index (χ3v) is 4.22. The Morgan fingerprint density at radius 2 is 2.40 bits per heavy atom. The van der Waals surface area contributed by atoms with Crippen LogP contribution in [0.5, 0.6) is 0 Å². The summed E-state index contributed by atoms with van der Waals surface area (Å²) < 4.78 is 4.75. The lowest BCUT2D eigenvalue weighted by atomic mass is 10.1. The first-order valence-corrected chi connectivity index (χ1v) is 7.15. The quantitative estimate of drug-likeness (QED) is 0.876. The molecule has 0 amide bonds. The number of nitrogens with zero attached hydrogens (tertiary/aromatic N) is 2. The highest BCUT2D eigenvalue weighted by atomic mass is 32.1. The first-order chi connectivity index (χ1) is 9.67. The Morgan fingerprint density at radius 3 is 3.10 bits per heavy atom. The fourth-order valence-electron chi connectivity index (χ4n) is 2.46. The van der Waals surface area contributed by atoms with Crippen molar-refractivity contribution >= 4 is 28.1 Å². The smallest absolute Gasteiger partial charge is 0.337 e. The molecular weight excluding hydrogens is 274 g/mol. The maximum absolute atomic E-state index is 11.5. The van der Waals surface area contributed by atoms with E-state index >= 15 is 0 Å². The van der Waals surface area contributed by atoms with E-state index in [4.69, 9.17) is 10.5 Å². The van der Waals surface area contributed by atoms with Gasteiger partial charge in [-0.15, -0.1) is 11.3 Å². The number of benzene rings is 1. The minimum atomic E-state index is -0.290. The predicted octanol–water partition coefficient (Wildman–Crippen LogP) is 2.07. The van der Waals surface area contributed by atoms with E-state index in [9.17, 15) is 4.79 Å². The van der Waals surface area contributed by atoms with Crippen molar-refractivity contribution in [3.05, 3.63) is 40.4 Å². The number of ether oxygens (including phenoxy) is 1. The summed E-state index contributed by atoms with van der Waals surface area (Å²) in [7, 11) is 1.40. The van der Waals surface area contributed by atoms with Gasteiger partial charge in [0.1, 0.15) is 0 Å². The summed E-state index contributed by atoms with van der Waals surface area (Å²) in [4.78, 5) is 19.0. The van der Waals surface area contributed by atoms with Gasteiger partial charge in [0.25, 0.3) is 0 Å². The van der Waals surface area contributed by atoms with Crippen molar-refractivity contribution < 1.29 is 9.53 Å². The third kappa shape index (κ3) is 2.34. The molecule has 104 valence electrons. The molecule has 0 saturated heterocycles. The zero-order valence-electron chi connectivity index (χ0n) is 11.1. The Hall–Kier alpha value is -2.08. The summed E-state index contributed by atoms with van der Waals surface area (Å²) >= 11 is 1.51. The van der Waals surface area contributed by atoms with Gasteiger partial charge in [-0.1, -0.05) is 0 Å². The zero-order valence-corrected chi connectivity index (χ0v) is 11.9. The average Bonchev–Trinajstić information content (AvgIpc) is 3.05. The van der Waals surface area contributed by atoms with Crippen molar-refractivity contribution in [2.75, 3.05) is 24.3 Å². The number of hydrogen-bond acceptors (Lipinski definition) is 6. The first-order valence-electron chi connectivity index (χ1n) is 6.34. The molecule has 0 radical (unpaired) electrons. The lowest BCUT2D eigenvalue weighted by molar-refractivity contribution is 0.0600. The molecule has 20 heavy (non-hydrogen) atoms. The normalized spacial score (nSPS) is 13.3. The van der Waals surface area contributed by atoms with Crippen molar-refractivity contribution in [1.82, 2.24) is 4.98 Å². The van der Waals surface area contributed by atoms with Crippen LogP contribution in [0, 0.1) is 0 Å². The van der Waals surface area contributed by atoms with E-state index in [1.807, 2.05) is 24.4 Å². The van der Waals surface area contributed by atoms with Gasteiger partial charge in [0.15, 0.2) is 5.13 Å². The predicted molar refractivity (Wildman–Crippen MR) is 79.1 cm³/mol. The minimum absolute atomic E-state index is 0.290. The van der Waals surface area contributed by atoms with Gasteiger partial charge in [-0.05, 0) is 30.2 Å². The van der Waals surface area contributed by atoms with Crippen LogP contribution in [0.4, 0.5) is 10.8 Å². The van der Waals surface area contributed by atoms with Crippen molar-refractivity contribution in [2.24, 2.45) is 0 Å². The van der Waals surface area contributed by atoms with E-state index in [1.54, 1.807) is 0 Å². The number of nitrogens with two attached hydrogens (primary N) is 1. The van der Waals surface area contributed by atoms with E-state index in [0.29, 0.717) is 10.7 Å². The molecule has 0 unspecified atom stereocenters. The van der Waals surface area contributed by atoms with Crippen LogP contribution >= 0.6 is 11.3 Å². The summed E-state index contributed by atoms with van der Waals surface area (Å²) in [5.74, 6) is -0.290. The summed E-state index contributed by atoms with van der Waals surface area (Å²) in [6, 6.07) is 5.71. The van der Waals surface area contributed by atoms with Crippen LogP contribution in [0.15, 0.2) is 24.4 Å². The highest BCUT2D eigenvalue weighted by Crippen LogP contribution is 2.31. The fraction of sp³-hybridized carbons (Fsp3) is 0.286. The van der Waals surface area contributed by atoms with Gasteiger partial charge in [-0.3, -0.25) is 0 Å². The summed E-state index contributed by atoms with van der Waals surface area (Å²) in [6.07, 6.45) is 2.76. The SMILES string of the molecule is COC(=O)c1ccc2c(c1)CCN2Cc1cnc(N)s1. The lowest BCUT2D eigenvalue weighted by Crippen LogP contribution is -2.18. The average molecular weight is 289 g/mol. The first kappa shape index (κ1) is 12.9. The van der Waals surface area contributed by atoms with Crippen LogP contribution in [0.2, 0.25) is 0 Å². The lowest BCUT2D eigenvalue weighted by Gasteiger charge is -2.18. The molecule has 2 N–H and O–H groups in total. The highest BCUT2D eigenvalue weighted by Gasteiger charge is 2.21. The molecule has 3 rings (SSSR count). The topological polar surface area (TPSA) is 68.5 Å². The molecule has 0 fully saturated rings. The highest BCUT2D eigenvalue weighted by molar-refractivity contribution is 7.15. The largest absolute Gasteiger partial charge is 0.465 e. The Morgan fingerprint density at radius 1 is 1.55 bits per heavy atom. The van der Waals surface area contributed by atoms with Crippen LogP contribution in [-0.4, -0.2) is 24.6 Å². The Labute approximate surface area is 121 Å². The van der Waals surface area contributed by atoms with Gasteiger partial charge in [0.2, 0.25) is 0 Å². The van der Waals surface area contributed by atoms with E-state index in [0.717, 1.165) is 24.4 Å².